The van der Waals surface area contributed by atoms with Gasteiger partial charge >= 0.3 is 0 Å². The Hall–Kier alpha value is -3.80. The van der Waals surface area contributed by atoms with Gasteiger partial charge in [0, 0.05) is 28.2 Å². The molecule has 0 N–H and O–H groups in total. The van der Waals surface area contributed by atoms with E-state index < -0.39 is 0 Å². The average Bonchev–Trinajstić information content (AvgIpc) is 3.43. The summed E-state index contributed by atoms with van der Waals surface area (Å²) >= 11 is 3.32. The Kier molecular flexibility index (Phi) is 6.79. The normalized spacial score (nSPS) is 13.3. The summed E-state index contributed by atoms with van der Waals surface area (Å²) in [6, 6.07) is 26.0. The van der Waals surface area contributed by atoms with Gasteiger partial charge in [0.2, 0.25) is 0 Å². The number of rotatable bonds is 6. The zero-order valence-electron chi connectivity index (χ0n) is 21.8. The van der Waals surface area contributed by atoms with Crippen molar-refractivity contribution in [3.63, 3.8) is 0 Å². The molecule has 0 radical (unpaired) electrons. The molecule has 0 aliphatic heterocycles. The lowest BCUT2D eigenvalue weighted by atomic mass is 10.1. The molecule has 3 aromatic carbocycles. The number of fused-ring (bicyclic) bond motifs is 1. The number of nitrogens with zero attached hydrogens (tertiary/aromatic N) is 3. The number of allylic oxidation sites excluding steroid dienone is 5. The Bertz CT molecular complexity index is 1630. The molecule has 3 nitrogen and oxygen atoms in total. The van der Waals surface area contributed by atoms with Crippen LogP contribution in [0.2, 0.25) is 0 Å². The Balaban J connectivity index is 1.31. The molecule has 2 aromatic heterocycles. The maximum Gasteiger partial charge on any atom is 0.155 e. The first-order valence-electron chi connectivity index (χ1n) is 13.0. The van der Waals surface area contributed by atoms with E-state index >= 15 is 0 Å². The van der Waals surface area contributed by atoms with Crippen LogP contribution in [0.5, 0.6) is 0 Å². The van der Waals surface area contributed by atoms with Gasteiger partial charge in [0.05, 0.1) is 0 Å². The third-order valence-corrected chi connectivity index (χ3v) is 8.91. The minimum absolute atomic E-state index is 0.930. The van der Waals surface area contributed by atoms with Gasteiger partial charge in [0.25, 0.3) is 0 Å². The summed E-state index contributed by atoms with van der Waals surface area (Å²) in [6.45, 7) is 6.44. The quantitative estimate of drug-likeness (QED) is 0.218. The predicted molar refractivity (Wildman–Crippen MR) is 164 cm³/mol. The molecule has 5 heteroatoms. The van der Waals surface area contributed by atoms with E-state index in [4.69, 9.17) is 9.97 Å². The average molecular weight is 532 g/mol. The lowest BCUT2D eigenvalue weighted by Crippen LogP contribution is -2.15. The predicted octanol–water partition coefficient (Wildman–Crippen LogP) is 10.0. The second-order valence-corrected chi connectivity index (χ2v) is 11.5. The highest BCUT2D eigenvalue weighted by atomic mass is 32.1. The van der Waals surface area contributed by atoms with Gasteiger partial charge in [-0.1, -0.05) is 101 Å². The molecule has 38 heavy (non-hydrogen) atoms. The van der Waals surface area contributed by atoms with Crippen LogP contribution in [0.3, 0.4) is 0 Å². The Morgan fingerprint density at radius 3 is 1.71 bits per heavy atom. The van der Waals surface area contributed by atoms with E-state index in [1.54, 1.807) is 22.7 Å². The minimum Gasteiger partial charge on any atom is -0.311 e. The van der Waals surface area contributed by atoms with E-state index in [-0.39, 0.29) is 0 Å². The molecule has 0 saturated carbocycles. The second kappa shape index (κ2) is 10.5. The first-order valence-corrected chi connectivity index (χ1v) is 14.6. The highest BCUT2D eigenvalue weighted by Gasteiger charge is 2.16. The van der Waals surface area contributed by atoms with E-state index in [0.29, 0.717) is 0 Å². The summed E-state index contributed by atoms with van der Waals surface area (Å²) in [7, 11) is 0. The van der Waals surface area contributed by atoms with Crippen LogP contribution in [-0.2, 0) is 0 Å². The van der Waals surface area contributed by atoms with Crippen LogP contribution in [0, 0.1) is 13.8 Å². The number of hydrogen-bond acceptors (Lipinski definition) is 5. The first kappa shape index (κ1) is 24.5. The molecule has 0 unspecified atom stereocenters. The van der Waals surface area contributed by atoms with Gasteiger partial charge in [0.15, 0.2) is 9.66 Å². The monoisotopic (exact) mass is 531 g/mol. The summed E-state index contributed by atoms with van der Waals surface area (Å²) in [5.41, 5.74) is 9.62. The molecule has 0 amide bonds. The van der Waals surface area contributed by atoms with E-state index in [9.17, 15) is 0 Å². The molecule has 6 rings (SSSR count). The summed E-state index contributed by atoms with van der Waals surface area (Å²) in [5, 5.41) is 2.04. The van der Waals surface area contributed by atoms with Gasteiger partial charge in [-0.3, -0.25) is 0 Å². The molecule has 0 saturated heterocycles. The number of benzene rings is 3. The molecule has 188 valence electrons. The van der Waals surface area contributed by atoms with Gasteiger partial charge < -0.3 is 4.90 Å². The molecule has 2 heterocycles. The number of hydrogen-bond donors (Lipinski definition) is 0. The van der Waals surface area contributed by atoms with E-state index in [0.717, 1.165) is 55.0 Å². The Morgan fingerprint density at radius 1 is 0.658 bits per heavy atom. The molecular formula is C33H29N3S2. The zero-order chi connectivity index (χ0) is 26.1. The maximum absolute atomic E-state index is 4.94. The molecule has 5 aromatic rings. The van der Waals surface area contributed by atoms with Crippen molar-refractivity contribution in [3.05, 3.63) is 119 Å². The largest absolute Gasteiger partial charge is 0.311 e. The summed E-state index contributed by atoms with van der Waals surface area (Å²) in [4.78, 5) is 14.2. The number of anilines is 2. The highest BCUT2D eigenvalue weighted by molar-refractivity contribution is 7.29. The summed E-state index contributed by atoms with van der Waals surface area (Å²) in [6.07, 6.45) is 11.1. The number of thiazole rings is 2. The van der Waals surface area contributed by atoms with E-state index in [1.807, 2.05) is 0 Å². The molecular weight excluding hydrogens is 503 g/mol. The van der Waals surface area contributed by atoms with Crippen LogP contribution in [0.25, 0.3) is 30.8 Å². The van der Waals surface area contributed by atoms with E-state index in [1.165, 1.54) is 22.4 Å². The van der Waals surface area contributed by atoms with E-state index in [2.05, 4.69) is 123 Å². The van der Waals surface area contributed by atoms with Gasteiger partial charge in [-0.15, -0.1) is 0 Å². The van der Waals surface area contributed by atoms with Crippen molar-refractivity contribution in [2.24, 2.45) is 0 Å². The highest BCUT2D eigenvalue weighted by Crippen LogP contribution is 2.38. The maximum atomic E-state index is 4.94. The number of aryl methyl sites for hydroxylation is 2. The third-order valence-electron chi connectivity index (χ3n) is 6.78. The third kappa shape index (κ3) is 5.00. The fraction of sp³-hybridized carbons (Fsp3) is 0.152. The van der Waals surface area contributed by atoms with Gasteiger partial charge in [0.1, 0.15) is 10.0 Å². The molecule has 0 bridgehead atoms. The SMILES string of the molecule is CCC1=CCC=C(N(c2ccc(C)cc2)c2ccc(-c3nc4sc(-c5ccc(C)cc5)nc4s3)cc2)C=C1. The minimum atomic E-state index is 0.930. The number of aromatic nitrogens is 2. The van der Waals surface area contributed by atoms with Crippen LogP contribution >= 0.6 is 22.7 Å². The molecule has 0 atom stereocenters. The molecule has 0 spiro atoms. The zero-order valence-corrected chi connectivity index (χ0v) is 23.4. The molecule has 1 aliphatic carbocycles. The van der Waals surface area contributed by atoms with Crippen molar-refractivity contribution in [1.29, 1.82) is 0 Å². The van der Waals surface area contributed by atoms with Crippen molar-refractivity contribution in [2.45, 2.75) is 33.6 Å². The van der Waals surface area contributed by atoms with Gasteiger partial charge in [-0.2, -0.15) is 0 Å². The smallest absolute Gasteiger partial charge is 0.155 e. The first-order chi connectivity index (χ1) is 18.6. The van der Waals surface area contributed by atoms with Crippen molar-refractivity contribution in [1.82, 2.24) is 9.97 Å². The molecule has 1 aliphatic rings. The Morgan fingerprint density at radius 2 is 1.16 bits per heavy atom. The summed E-state index contributed by atoms with van der Waals surface area (Å²) < 4.78 is 0. The fourth-order valence-corrected chi connectivity index (χ4v) is 6.62. The van der Waals surface area contributed by atoms with Crippen molar-refractivity contribution < 1.29 is 0 Å². The Labute approximate surface area is 232 Å². The van der Waals surface area contributed by atoms with Crippen LogP contribution in [0.15, 0.2) is 108 Å². The van der Waals surface area contributed by atoms with Crippen LogP contribution in [-0.4, -0.2) is 9.97 Å². The van der Waals surface area contributed by atoms with Crippen LogP contribution < -0.4 is 4.90 Å². The van der Waals surface area contributed by atoms with Crippen molar-refractivity contribution in [3.8, 4) is 21.1 Å². The molecule has 0 fully saturated rings. The lowest BCUT2D eigenvalue weighted by molar-refractivity contribution is 1.13. The van der Waals surface area contributed by atoms with Crippen molar-refractivity contribution in [2.75, 3.05) is 4.90 Å². The second-order valence-electron chi connectivity index (χ2n) is 9.56. The van der Waals surface area contributed by atoms with Crippen LogP contribution in [0.1, 0.15) is 30.9 Å². The van der Waals surface area contributed by atoms with Gasteiger partial charge in [-0.25, -0.2) is 9.97 Å². The standard InChI is InChI=1S/C33H29N3S2/c1-4-24-6-5-7-27(19-12-24)36(28-17-10-23(3)11-18-28)29-20-15-26(16-21-29)31-35-33-32(38-31)34-30(37-33)25-13-8-22(2)9-14-25/h6-21H,4-5H2,1-3H3. The van der Waals surface area contributed by atoms with Crippen LogP contribution in [0.4, 0.5) is 11.4 Å². The van der Waals surface area contributed by atoms with Crippen molar-refractivity contribution >= 4 is 43.7 Å². The summed E-state index contributed by atoms with van der Waals surface area (Å²) in [5.74, 6) is 0. The van der Waals surface area contributed by atoms with Gasteiger partial charge in [-0.05, 0) is 69.2 Å². The topological polar surface area (TPSA) is 29.0 Å². The lowest BCUT2D eigenvalue weighted by Gasteiger charge is -2.26. The fourth-order valence-electron chi connectivity index (χ4n) is 4.57.